The molecule has 2 atom stereocenters. The Bertz CT molecular complexity index is 476. The molecule has 1 aliphatic rings. The summed E-state index contributed by atoms with van der Waals surface area (Å²) in [7, 11) is 1.67. The molecule has 2 rings (SSSR count). The molecule has 0 aromatic heterocycles. The smallest absolute Gasteiger partial charge is 0.236 e. The van der Waals surface area contributed by atoms with E-state index >= 15 is 0 Å². The third-order valence-corrected chi connectivity index (χ3v) is 5.05. The summed E-state index contributed by atoms with van der Waals surface area (Å²) in [4.78, 5) is 14.4. The van der Waals surface area contributed by atoms with Gasteiger partial charge in [0.2, 0.25) is 5.91 Å². The van der Waals surface area contributed by atoms with E-state index in [1.54, 1.807) is 18.9 Å². The van der Waals surface area contributed by atoms with Crippen molar-refractivity contribution in [2.45, 2.75) is 37.4 Å². The van der Waals surface area contributed by atoms with Gasteiger partial charge in [-0.1, -0.05) is 12.1 Å². The van der Waals surface area contributed by atoms with Crippen molar-refractivity contribution in [1.29, 1.82) is 0 Å². The van der Waals surface area contributed by atoms with E-state index in [-0.39, 0.29) is 16.5 Å². The van der Waals surface area contributed by atoms with Crippen LogP contribution in [-0.4, -0.2) is 42.3 Å². The number of thioether (sulfide) groups is 1. The molecule has 4 nitrogen and oxygen atoms in total. The molecular weight excluding hydrogens is 284 g/mol. The van der Waals surface area contributed by atoms with Gasteiger partial charge in [0, 0.05) is 0 Å². The SMILES string of the molecule is COc1ccc([C@@H]2S[C@H](C)C(=O)N2CC[NH2+]C(C)C)cc1. The summed E-state index contributed by atoms with van der Waals surface area (Å²) in [6.45, 7) is 8.08. The van der Waals surface area contributed by atoms with Gasteiger partial charge in [-0.05, 0) is 38.5 Å². The second-order valence-corrected chi connectivity index (χ2v) is 7.13. The maximum atomic E-state index is 12.4. The van der Waals surface area contributed by atoms with E-state index in [9.17, 15) is 4.79 Å². The molecule has 1 saturated heterocycles. The number of methoxy groups -OCH3 is 1. The number of rotatable bonds is 6. The number of hydrogen-bond donors (Lipinski definition) is 1. The Balaban J connectivity index is 2.09. The van der Waals surface area contributed by atoms with Crippen molar-refractivity contribution in [2.75, 3.05) is 20.2 Å². The molecule has 0 aliphatic carbocycles. The van der Waals surface area contributed by atoms with E-state index in [2.05, 4.69) is 31.3 Å². The van der Waals surface area contributed by atoms with Crippen LogP contribution in [0.2, 0.25) is 0 Å². The average Bonchev–Trinajstić information content (AvgIpc) is 2.75. The van der Waals surface area contributed by atoms with Gasteiger partial charge in [-0.3, -0.25) is 4.79 Å². The summed E-state index contributed by atoms with van der Waals surface area (Å²) in [5.41, 5.74) is 1.17. The minimum absolute atomic E-state index is 0.0381. The number of carbonyl (C=O) groups is 1. The van der Waals surface area contributed by atoms with Crippen molar-refractivity contribution < 1.29 is 14.8 Å². The lowest BCUT2D eigenvalue weighted by Crippen LogP contribution is -2.89. The van der Waals surface area contributed by atoms with E-state index in [1.165, 1.54) is 5.56 Å². The van der Waals surface area contributed by atoms with Gasteiger partial charge in [0.25, 0.3) is 0 Å². The van der Waals surface area contributed by atoms with Gasteiger partial charge >= 0.3 is 0 Å². The number of carbonyl (C=O) groups excluding carboxylic acids is 1. The third kappa shape index (κ3) is 3.92. The molecule has 1 fully saturated rings. The number of benzene rings is 1. The Morgan fingerprint density at radius 1 is 1.33 bits per heavy atom. The lowest BCUT2D eigenvalue weighted by atomic mass is 10.2. The highest BCUT2D eigenvalue weighted by molar-refractivity contribution is 8.01. The van der Waals surface area contributed by atoms with Crippen LogP contribution in [-0.2, 0) is 4.79 Å². The van der Waals surface area contributed by atoms with Gasteiger partial charge in [0.05, 0.1) is 31.5 Å². The molecule has 0 saturated carbocycles. The zero-order chi connectivity index (χ0) is 15.4. The molecule has 0 spiro atoms. The van der Waals surface area contributed by atoms with Crippen molar-refractivity contribution >= 4 is 17.7 Å². The van der Waals surface area contributed by atoms with Gasteiger partial charge in [0.15, 0.2) is 0 Å². The van der Waals surface area contributed by atoms with E-state index in [4.69, 9.17) is 4.74 Å². The molecule has 1 aromatic carbocycles. The summed E-state index contributed by atoms with van der Waals surface area (Å²) < 4.78 is 5.20. The lowest BCUT2D eigenvalue weighted by Gasteiger charge is -2.24. The zero-order valence-corrected chi connectivity index (χ0v) is 14.0. The lowest BCUT2D eigenvalue weighted by molar-refractivity contribution is -0.682. The van der Waals surface area contributed by atoms with E-state index in [0.29, 0.717) is 6.04 Å². The summed E-state index contributed by atoms with van der Waals surface area (Å²) in [5.74, 6) is 1.10. The second kappa shape index (κ2) is 7.18. The highest BCUT2D eigenvalue weighted by Crippen LogP contribution is 2.42. The maximum Gasteiger partial charge on any atom is 0.236 e. The monoisotopic (exact) mass is 309 g/mol. The third-order valence-electron chi connectivity index (χ3n) is 3.66. The van der Waals surface area contributed by atoms with Crippen LogP contribution >= 0.6 is 11.8 Å². The molecule has 1 amide bonds. The fraction of sp³-hybridized carbons (Fsp3) is 0.562. The number of nitrogens with two attached hydrogens (primary N) is 1. The Labute approximate surface area is 131 Å². The number of quaternary nitrogens is 1. The number of amides is 1. The molecule has 1 aliphatic heterocycles. The summed E-state index contributed by atoms with van der Waals surface area (Å²) in [5, 5.41) is 2.43. The first-order chi connectivity index (χ1) is 10.0. The van der Waals surface area contributed by atoms with Crippen LogP contribution in [0.3, 0.4) is 0 Å². The molecule has 0 radical (unpaired) electrons. The average molecular weight is 309 g/mol. The summed E-state index contributed by atoms with van der Waals surface area (Å²) in [6.07, 6.45) is 0. The normalized spacial score (nSPS) is 22.1. The van der Waals surface area contributed by atoms with Crippen molar-refractivity contribution in [3.05, 3.63) is 29.8 Å². The van der Waals surface area contributed by atoms with Crippen LogP contribution < -0.4 is 10.1 Å². The van der Waals surface area contributed by atoms with Crippen molar-refractivity contribution in [2.24, 2.45) is 0 Å². The number of nitrogens with zero attached hydrogens (tertiary/aromatic N) is 1. The Kier molecular flexibility index (Phi) is 5.53. The molecule has 1 aromatic rings. The Hall–Kier alpha value is -1.20. The Morgan fingerprint density at radius 2 is 2.00 bits per heavy atom. The van der Waals surface area contributed by atoms with Gasteiger partial charge in [-0.2, -0.15) is 0 Å². The van der Waals surface area contributed by atoms with Gasteiger partial charge < -0.3 is 15.0 Å². The second-order valence-electron chi connectivity index (χ2n) is 5.70. The van der Waals surface area contributed by atoms with Crippen LogP contribution in [0.1, 0.15) is 31.7 Å². The van der Waals surface area contributed by atoms with Crippen molar-refractivity contribution in [1.82, 2.24) is 4.90 Å². The van der Waals surface area contributed by atoms with Crippen LogP contribution in [0.5, 0.6) is 5.75 Å². The van der Waals surface area contributed by atoms with E-state index in [0.717, 1.165) is 18.8 Å². The highest BCUT2D eigenvalue weighted by Gasteiger charge is 2.38. The van der Waals surface area contributed by atoms with Crippen LogP contribution in [0.25, 0.3) is 0 Å². The summed E-state index contributed by atoms with van der Waals surface area (Å²) >= 11 is 1.73. The maximum absolute atomic E-state index is 12.4. The predicted octanol–water partition coefficient (Wildman–Crippen LogP) is 1.63. The fourth-order valence-electron chi connectivity index (χ4n) is 2.48. The molecule has 5 heteroatoms. The standard InChI is InChI=1S/C16H24N2O2S/c1-11(2)17-9-10-18-15(19)12(3)21-16(18)13-5-7-14(20-4)8-6-13/h5-8,11-12,16-17H,9-10H2,1-4H3/p+1/t12-,16+/m1/s1. The first-order valence-corrected chi connectivity index (χ1v) is 8.40. The minimum atomic E-state index is 0.0381. The quantitative estimate of drug-likeness (QED) is 0.869. The van der Waals surface area contributed by atoms with E-state index < -0.39 is 0 Å². The molecule has 0 unspecified atom stereocenters. The zero-order valence-electron chi connectivity index (χ0n) is 13.2. The minimum Gasteiger partial charge on any atom is -0.497 e. The first-order valence-electron chi connectivity index (χ1n) is 7.46. The molecule has 1 heterocycles. The van der Waals surface area contributed by atoms with Gasteiger partial charge in [-0.15, -0.1) is 11.8 Å². The van der Waals surface area contributed by atoms with Crippen LogP contribution in [0.15, 0.2) is 24.3 Å². The fourth-order valence-corrected chi connectivity index (χ4v) is 3.78. The van der Waals surface area contributed by atoms with Crippen LogP contribution in [0, 0.1) is 0 Å². The topological polar surface area (TPSA) is 46.1 Å². The van der Waals surface area contributed by atoms with Crippen molar-refractivity contribution in [3.63, 3.8) is 0 Å². The van der Waals surface area contributed by atoms with E-state index in [1.807, 2.05) is 24.0 Å². The molecule has 0 bridgehead atoms. The van der Waals surface area contributed by atoms with Gasteiger partial charge in [-0.25, -0.2) is 0 Å². The van der Waals surface area contributed by atoms with Gasteiger partial charge in [0.1, 0.15) is 11.1 Å². The first kappa shape index (κ1) is 16.2. The number of ether oxygens (including phenoxy) is 1. The largest absolute Gasteiger partial charge is 0.497 e. The molecule has 21 heavy (non-hydrogen) atoms. The molecule has 116 valence electrons. The predicted molar refractivity (Wildman–Crippen MR) is 86.4 cm³/mol. The molecular formula is C16H25N2O2S+. The van der Waals surface area contributed by atoms with Crippen LogP contribution in [0.4, 0.5) is 0 Å². The summed E-state index contributed by atoms with van der Waals surface area (Å²) in [6, 6.07) is 8.60. The van der Waals surface area contributed by atoms with Crippen molar-refractivity contribution in [3.8, 4) is 5.75 Å². The number of hydrogen-bond acceptors (Lipinski definition) is 3. The molecule has 2 N–H and O–H groups in total. The Morgan fingerprint density at radius 3 is 2.57 bits per heavy atom. The highest BCUT2D eigenvalue weighted by atomic mass is 32.2.